The first-order valence-corrected chi connectivity index (χ1v) is 4.95. The number of aldehydes is 1. The molecule has 4 heteroatoms. The van der Waals surface area contributed by atoms with Gasteiger partial charge in [0.2, 0.25) is 0 Å². The second-order valence-corrected chi connectivity index (χ2v) is 3.83. The van der Waals surface area contributed by atoms with Gasteiger partial charge in [-0.25, -0.2) is 0 Å². The first-order chi connectivity index (χ1) is 6.17. The van der Waals surface area contributed by atoms with Gasteiger partial charge in [-0.3, -0.25) is 4.79 Å². The van der Waals surface area contributed by atoms with Gasteiger partial charge in [-0.05, 0) is 28.4 Å². The number of aliphatic hydroxyl groups is 1. The standard InChI is InChI=1S/C9H12BrNO2/c1-2-9(13)5-11-4-7(10)3-8(11)6-12/h3-4,6,9,13H,2,5H2,1H3. The van der Waals surface area contributed by atoms with E-state index in [4.69, 9.17) is 0 Å². The van der Waals surface area contributed by atoms with E-state index < -0.39 is 6.10 Å². The van der Waals surface area contributed by atoms with E-state index >= 15 is 0 Å². The van der Waals surface area contributed by atoms with Crippen molar-refractivity contribution in [3.05, 3.63) is 22.4 Å². The number of aromatic nitrogens is 1. The monoisotopic (exact) mass is 245 g/mol. The molecule has 13 heavy (non-hydrogen) atoms. The van der Waals surface area contributed by atoms with Gasteiger partial charge in [-0.1, -0.05) is 6.92 Å². The van der Waals surface area contributed by atoms with Crippen molar-refractivity contribution in [1.82, 2.24) is 4.57 Å². The fraction of sp³-hybridized carbons (Fsp3) is 0.444. The van der Waals surface area contributed by atoms with Crippen LogP contribution in [-0.2, 0) is 6.54 Å². The molecule has 0 aliphatic heterocycles. The molecule has 1 N–H and O–H groups in total. The minimum atomic E-state index is -0.391. The van der Waals surface area contributed by atoms with Crippen molar-refractivity contribution in [2.75, 3.05) is 0 Å². The molecule has 0 aliphatic carbocycles. The van der Waals surface area contributed by atoms with E-state index in [-0.39, 0.29) is 0 Å². The van der Waals surface area contributed by atoms with E-state index in [0.717, 1.165) is 10.8 Å². The highest BCUT2D eigenvalue weighted by atomic mass is 79.9. The quantitative estimate of drug-likeness (QED) is 0.823. The third-order valence-electron chi connectivity index (χ3n) is 1.90. The number of nitrogens with zero attached hydrogens (tertiary/aromatic N) is 1. The van der Waals surface area contributed by atoms with Crippen LogP contribution in [0.25, 0.3) is 0 Å². The third-order valence-corrected chi connectivity index (χ3v) is 2.33. The van der Waals surface area contributed by atoms with Crippen LogP contribution in [0.3, 0.4) is 0 Å². The van der Waals surface area contributed by atoms with Crippen molar-refractivity contribution in [3.8, 4) is 0 Å². The van der Waals surface area contributed by atoms with Gasteiger partial charge in [0.1, 0.15) is 0 Å². The van der Waals surface area contributed by atoms with Crippen LogP contribution in [0.5, 0.6) is 0 Å². The lowest BCUT2D eigenvalue weighted by Crippen LogP contribution is -2.15. The highest BCUT2D eigenvalue weighted by Gasteiger charge is 2.07. The first kappa shape index (κ1) is 10.5. The van der Waals surface area contributed by atoms with Crippen LogP contribution in [0.4, 0.5) is 0 Å². The average molecular weight is 246 g/mol. The highest BCUT2D eigenvalue weighted by Crippen LogP contribution is 2.14. The fourth-order valence-corrected chi connectivity index (χ4v) is 1.58. The molecule has 0 aromatic carbocycles. The van der Waals surface area contributed by atoms with Crippen LogP contribution in [-0.4, -0.2) is 22.1 Å². The highest BCUT2D eigenvalue weighted by molar-refractivity contribution is 9.10. The zero-order valence-electron chi connectivity index (χ0n) is 7.40. The summed E-state index contributed by atoms with van der Waals surface area (Å²) < 4.78 is 2.60. The predicted molar refractivity (Wildman–Crippen MR) is 53.8 cm³/mol. The topological polar surface area (TPSA) is 42.2 Å². The molecule has 1 heterocycles. The summed E-state index contributed by atoms with van der Waals surface area (Å²) in [5, 5.41) is 9.39. The molecule has 1 atom stereocenters. The Labute approximate surface area is 85.5 Å². The van der Waals surface area contributed by atoms with Gasteiger partial charge in [0.05, 0.1) is 11.8 Å². The average Bonchev–Trinajstić information content (AvgIpc) is 2.46. The Morgan fingerprint density at radius 2 is 2.46 bits per heavy atom. The molecule has 0 radical (unpaired) electrons. The molecule has 0 fully saturated rings. The summed E-state index contributed by atoms with van der Waals surface area (Å²) in [7, 11) is 0. The van der Waals surface area contributed by atoms with Crippen LogP contribution < -0.4 is 0 Å². The Hall–Kier alpha value is -0.610. The summed E-state index contributed by atoms with van der Waals surface area (Å²) in [5.41, 5.74) is 0.583. The van der Waals surface area contributed by atoms with E-state index in [1.165, 1.54) is 0 Å². The van der Waals surface area contributed by atoms with Crippen LogP contribution in [0.1, 0.15) is 23.8 Å². The van der Waals surface area contributed by atoms with Crippen LogP contribution in [0.2, 0.25) is 0 Å². The maximum Gasteiger partial charge on any atom is 0.166 e. The van der Waals surface area contributed by atoms with Crippen molar-refractivity contribution >= 4 is 22.2 Å². The molecule has 0 aliphatic rings. The van der Waals surface area contributed by atoms with Gasteiger partial charge >= 0.3 is 0 Å². The molecule has 1 aromatic heterocycles. The van der Waals surface area contributed by atoms with Crippen molar-refractivity contribution in [2.24, 2.45) is 0 Å². The van der Waals surface area contributed by atoms with Crippen molar-refractivity contribution in [3.63, 3.8) is 0 Å². The number of carbonyl (C=O) groups excluding carboxylic acids is 1. The lowest BCUT2D eigenvalue weighted by molar-refractivity contribution is 0.110. The maximum absolute atomic E-state index is 10.6. The number of aliphatic hydroxyl groups excluding tert-OH is 1. The van der Waals surface area contributed by atoms with Crippen LogP contribution in [0.15, 0.2) is 16.7 Å². The summed E-state index contributed by atoms with van der Waals surface area (Å²) in [6, 6.07) is 1.73. The number of hydrogen-bond acceptors (Lipinski definition) is 2. The number of rotatable bonds is 4. The molecule has 0 bridgehead atoms. The molecule has 0 saturated heterocycles. The fourth-order valence-electron chi connectivity index (χ4n) is 1.10. The molecule has 1 aromatic rings. The Bertz CT molecular complexity index is 296. The van der Waals surface area contributed by atoms with E-state index in [0.29, 0.717) is 18.7 Å². The van der Waals surface area contributed by atoms with Crippen LogP contribution >= 0.6 is 15.9 Å². The van der Waals surface area contributed by atoms with E-state index in [1.54, 1.807) is 16.8 Å². The summed E-state index contributed by atoms with van der Waals surface area (Å²) in [5.74, 6) is 0. The summed E-state index contributed by atoms with van der Waals surface area (Å²) in [6.45, 7) is 2.37. The summed E-state index contributed by atoms with van der Waals surface area (Å²) >= 11 is 3.27. The van der Waals surface area contributed by atoms with Crippen LogP contribution in [0, 0.1) is 0 Å². The van der Waals surface area contributed by atoms with E-state index in [9.17, 15) is 9.90 Å². The lowest BCUT2D eigenvalue weighted by atomic mass is 10.3. The number of carbonyl (C=O) groups is 1. The van der Waals surface area contributed by atoms with Gasteiger partial charge in [0.25, 0.3) is 0 Å². The second kappa shape index (κ2) is 4.58. The van der Waals surface area contributed by atoms with Crippen molar-refractivity contribution < 1.29 is 9.90 Å². The normalized spacial score (nSPS) is 12.8. The van der Waals surface area contributed by atoms with Gasteiger partial charge < -0.3 is 9.67 Å². The molecule has 3 nitrogen and oxygen atoms in total. The number of hydrogen-bond donors (Lipinski definition) is 1. The summed E-state index contributed by atoms with van der Waals surface area (Å²) in [6.07, 6.45) is 2.88. The Morgan fingerprint density at radius 3 is 3.00 bits per heavy atom. The molecule has 1 rings (SSSR count). The maximum atomic E-state index is 10.6. The van der Waals surface area contributed by atoms with Crippen molar-refractivity contribution in [1.29, 1.82) is 0 Å². The lowest BCUT2D eigenvalue weighted by Gasteiger charge is -2.09. The molecule has 72 valence electrons. The van der Waals surface area contributed by atoms with Crippen molar-refractivity contribution in [2.45, 2.75) is 26.0 Å². The Kier molecular flexibility index (Phi) is 3.69. The van der Waals surface area contributed by atoms with Gasteiger partial charge in [0, 0.05) is 17.2 Å². The van der Waals surface area contributed by atoms with Gasteiger partial charge in [-0.15, -0.1) is 0 Å². The minimum absolute atomic E-state index is 0.391. The molecular weight excluding hydrogens is 234 g/mol. The molecular formula is C9H12BrNO2. The predicted octanol–water partition coefficient (Wildman–Crippen LogP) is 1.83. The Morgan fingerprint density at radius 1 is 1.77 bits per heavy atom. The SMILES string of the molecule is CCC(O)Cn1cc(Br)cc1C=O. The van der Waals surface area contributed by atoms with E-state index in [2.05, 4.69) is 15.9 Å². The summed E-state index contributed by atoms with van der Waals surface area (Å²) in [4.78, 5) is 10.6. The zero-order chi connectivity index (χ0) is 9.84. The number of halogens is 1. The first-order valence-electron chi connectivity index (χ1n) is 4.16. The largest absolute Gasteiger partial charge is 0.391 e. The van der Waals surface area contributed by atoms with E-state index in [1.807, 2.05) is 6.92 Å². The third kappa shape index (κ3) is 2.67. The molecule has 0 saturated carbocycles. The Balaban J connectivity index is 2.80. The minimum Gasteiger partial charge on any atom is -0.391 e. The molecule has 0 amide bonds. The van der Waals surface area contributed by atoms with Gasteiger partial charge in [0.15, 0.2) is 6.29 Å². The van der Waals surface area contributed by atoms with Gasteiger partial charge in [-0.2, -0.15) is 0 Å². The molecule has 0 spiro atoms. The molecule has 1 unspecified atom stereocenters. The second-order valence-electron chi connectivity index (χ2n) is 2.92. The zero-order valence-corrected chi connectivity index (χ0v) is 8.99. The smallest absolute Gasteiger partial charge is 0.166 e.